The predicted octanol–water partition coefficient (Wildman–Crippen LogP) is 3.38. The zero-order valence-electron chi connectivity index (χ0n) is 14.1. The molecule has 6 heteroatoms. The van der Waals surface area contributed by atoms with Crippen LogP contribution in [-0.2, 0) is 16.8 Å². The second-order valence-corrected chi connectivity index (χ2v) is 6.35. The van der Waals surface area contributed by atoms with E-state index in [0.717, 1.165) is 5.56 Å². The number of aromatic nitrogens is 3. The van der Waals surface area contributed by atoms with E-state index >= 15 is 0 Å². The number of rotatable bonds is 5. The molecule has 0 bridgehead atoms. The highest BCUT2D eigenvalue weighted by Gasteiger charge is 2.32. The maximum Gasteiger partial charge on any atom is 0.234 e. The van der Waals surface area contributed by atoms with Gasteiger partial charge in [0.2, 0.25) is 5.91 Å². The number of nitrogens with zero attached hydrogens (tertiary/aromatic N) is 3. The number of carbonyl (C=O) groups is 1. The summed E-state index contributed by atoms with van der Waals surface area (Å²) in [5, 5.41) is 6.94. The standard InChI is InChI=1S/C19H19FN4O/c1-19(2,16-8-3-4-9-17(16)20)18(25)23-15-7-5-6-14(10-15)11-24-13-21-12-22-24/h3-10,12-13H,11H2,1-2H3,(H,23,25). The maximum absolute atomic E-state index is 14.1. The molecule has 0 atom stereocenters. The molecule has 1 aromatic heterocycles. The maximum atomic E-state index is 14.1. The largest absolute Gasteiger partial charge is 0.325 e. The zero-order chi connectivity index (χ0) is 17.9. The van der Waals surface area contributed by atoms with E-state index in [-0.39, 0.29) is 11.7 Å². The van der Waals surface area contributed by atoms with Crippen LogP contribution in [0.4, 0.5) is 10.1 Å². The fourth-order valence-corrected chi connectivity index (χ4v) is 2.63. The Balaban J connectivity index is 1.77. The minimum Gasteiger partial charge on any atom is -0.325 e. The van der Waals surface area contributed by atoms with Crippen LogP contribution in [0.5, 0.6) is 0 Å². The topological polar surface area (TPSA) is 59.8 Å². The molecular formula is C19H19FN4O. The fraction of sp³-hybridized carbons (Fsp3) is 0.211. The Morgan fingerprint density at radius 1 is 1.20 bits per heavy atom. The summed E-state index contributed by atoms with van der Waals surface area (Å²) in [6, 6.07) is 13.8. The first-order valence-corrected chi connectivity index (χ1v) is 7.94. The van der Waals surface area contributed by atoms with Gasteiger partial charge in [-0.2, -0.15) is 5.10 Å². The normalized spacial score (nSPS) is 11.3. The van der Waals surface area contributed by atoms with Gasteiger partial charge in [-0.1, -0.05) is 30.3 Å². The summed E-state index contributed by atoms with van der Waals surface area (Å²) < 4.78 is 15.8. The molecule has 1 amide bonds. The number of amides is 1. The Hall–Kier alpha value is -3.02. The Labute approximate surface area is 145 Å². The zero-order valence-corrected chi connectivity index (χ0v) is 14.1. The van der Waals surface area contributed by atoms with Crippen molar-refractivity contribution in [3.8, 4) is 0 Å². The van der Waals surface area contributed by atoms with Gasteiger partial charge >= 0.3 is 0 Å². The number of benzene rings is 2. The first kappa shape index (κ1) is 16.8. The number of anilines is 1. The lowest BCUT2D eigenvalue weighted by Crippen LogP contribution is -2.35. The molecule has 0 unspecified atom stereocenters. The van der Waals surface area contributed by atoms with Crippen LogP contribution in [-0.4, -0.2) is 20.7 Å². The number of nitrogens with one attached hydrogen (secondary N) is 1. The molecule has 1 N–H and O–H groups in total. The molecule has 0 saturated carbocycles. The first-order chi connectivity index (χ1) is 12.0. The number of carbonyl (C=O) groups excluding carboxylic acids is 1. The monoisotopic (exact) mass is 338 g/mol. The highest BCUT2D eigenvalue weighted by atomic mass is 19.1. The lowest BCUT2D eigenvalue weighted by Gasteiger charge is -2.24. The van der Waals surface area contributed by atoms with E-state index in [0.29, 0.717) is 17.8 Å². The third kappa shape index (κ3) is 3.74. The summed E-state index contributed by atoms with van der Waals surface area (Å²) >= 11 is 0. The molecule has 0 aliphatic rings. The lowest BCUT2D eigenvalue weighted by atomic mass is 9.83. The van der Waals surface area contributed by atoms with E-state index in [9.17, 15) is 9.18 Å². The summed E-state index contributed by atoms with van der Waals surface area (Å²) in [5.74, 6) is -0.655. The van der Waals surface area contributed by atoms with Crippen LogP contribution in [0.1, 0.15) is 25.0 Å². The summed E-state index contributed by atoms with van der Waals surface area (Å²) in [4.78, 5) is 16.6. The van der Waals surface area contributed by atoms with Crippen molar-refractivity contribution in [2.45, 2.75) is 25.8 Å². The number of halogens is 1. The smallest absolute Gasteiger partial charge is 0.234 e. The van der Waals surface area contributed by atoms with Gasteiger partial charge in [-0.25, -0.2) is 14.1 Å². The molecule has 3 rings (SSSR count). The minimum atomic E-state index is -0.993. The molecule has 0 aliphatic heterocycles. The molecule has 3 aromatic rings. The van der Waals surface area contributed by atoms with Crippen molar-refractivity contribution < 1.29 is 9.18 Å². The average molecular weight is 338 g/mol. The van der Waals surface area contributed by atoms with Crippen LogP contribution in [0.3, 0.4) is 0 Å². The molecule has 25 heavy (non-hydrogen) atoms. The molecule has 128 valence electrons. The van der Waals surface area contributed by atoms with Crippen molar-refractivity contribution in [2.24, 2.45) is 0 Å². The van der Waals surface area contributed by atoms with Gasteiger partial charge in [0.05, 0.1) is 12.0 Å². The van der Waals surface area contributed by atoms with E-state index in [1.54, 1.807) is 49.1 Å². The van der Waals surface area contributed by atoms with Gasteiger partial charge in [-0.3, -0.25) is 4.79 Å². The summed E-state index contributed by atoms with van der Waals surface area (Å²) in [6.07, 6.45) is 3.11. The second-order valence-electron chi connectivity index (χ2n) is 6.35. The molecule has 2 aromatic carbocycles. The van der Waals surface area contributed by atoms with Gasteiger partial charge in [0.15, 0.2) is 0 Å². The van der Waals surface area contributed by atoms with E-state index in [4.69, 9.17) is 0 Å². The van der Waals surface area contributed by atoms with Crippen LogP contribution in [0, 0.1) is 5.82 Å². The summed E-state index contributed by atoms with van der Waals surface area (Å²) in [6.45, 7) is 3.97. The molecule has 1 heterocycles. The molecular weight excluding hydrogens is 319 g/mol. The third-order valence-electron chi connectivity index (χ3n) is 4.11. The predicted molar refractivity (Wildman–Crippen MR) is 93.6 cm³/mol. The highest BCUT2D eigenvalue weighted by molar-refractivity contribution is 5.98. The minimum absolute atomic E-state index is 0.268. The van der Waals surface area contributed by atoms with Crippen LogP contribution >= 0.6 is 0 Å². The number of hydrogen-bond acceptors (Lipinski definition) is 3. The van der Waals surface area contributed by atoms with Gasteiger partial charge in [-0.15, -0.1) is 0 Å². The molecule has 0 radical (unpaired) electrons. The van der Waals surface area contributed by atoms with Gasteiger partial charge in [0.1, 0.15) is 18.5 Å². The Morgan fingerprint density at radius 2 is 2.00 bits per heavy atom. The van der Waals surface area contributed by atoms with Crippen LogP contribution < -0.4 is 5.32 Å². The van der Waals surface area contributed by atoms with Crippen LogP contribution in [0.25, 0.3) is 0 Å². The summed E-state index contributed by atoms with van der Waals surface area (Å²) in [5.41, 5.74) is 1.01. The molecule has 0 fully saturated rings. The van der Waals surface area contributed by atoms with E-state index in [1.807, 2.05) is 18.2 Å². The average Bonchev–Trinajstić information content (AvgIpc) is 3.08. The second kappa shape index (κ2) is 6.84. The van der Waals surface area contributed by atoms with Crippen molar-refractivity contribution in [3.05, 3.63) is 78.1 Å². The Bertz CT molecular complexity index is 875. The Kier molecular flexibility index (Phi) is 4.61. The van der Waals surface area contributed by atoms with E-state index in [1.165, 1.54) is 12.4 Å². The molecule has 0 saturated heterocycles. The molecule has 5 nitrogen and oxygen atoms in total. The van der Waals surface area contributed by atoms with Gasteiger partial charge in [0, 0.05) is 11.3 Å². The SMILES string of the molecule is CC(C)(C(=O)Nc1cccc(Cn2cncn2)c1)c1ccccc1F. The Morgan fingerprint density at radius 3 is 2.72 bits per heavy atom. The van der Waals surface area contributed by atoms with Crippen LogP contribution in [0.15, 0.2) is 61.2 Å². The van der Waals surface area contributed by atoms with Gasteiger partial charge < -0.3 is 5.32 Å². The number of hydrogen-bond donors (Lipinski definition) is 1. The summed E-state index contributed by atoms with van der Waals surface area (Å²) in [7, 11) is 0. The van der Waals surface area contributed by atoms with Crippen LogP contribution in [0.2, 0.25) is 0 Å². The fourth-order valence-electron chi connectivity index (χ4n) is 2.63. The van der Waals surface area contributed by atoms with E-state index < -0.39 is 5.41 Å². The molecule has 0 aliphatic carbocycles. The first-order valence-electron chi connectivity index (χ1n) is 7.94. The van der Waals surface area contributed by atoms with Crippen molar-refractivity contribution in [3.63, 3.8) is 0 Å². The van der Waals surface area contributed by atoms with Crippen molar-refractivity contribution in [1.29, 1.82) is 0 Å². The highest BCUT2D eigenvalue weighted by Crippen LogP contribution is 2.27. The van der Waals surface area contributed by atoms with Crippen molar-refractivity contribution in [2.75, 3.05) is 5.32 Å². The van der Waals surface area contributed by atoms with Crippen molar-refractivity contribution >= 4 is 11.6 Å². The quantitative estimate of drug-likeness (QED) is 0.776. The van der Waals surface area contributed by atoms with Crippen molar-refractivity contribution in [1.82, 2.24) is 14.8 Å². The molecule has 0 spiro atoms. The van der Waals surface area contributed by atoms with Gasteiger partial charge in [0.25, 0.3) is 0 Å². The van der Waals surface area contributed by atoms with E-state index in [2.05, 4.69) is 15.4 Å². The third-order valence-corrected chi connectivity index (χ3v) is 4.11. The van der Waals surface area contributed by atoms with Gasteiger partial charge in [-0.05, 0) is 37.6 Å². The lowest BCUT2D eigenvalue weighted by molar-refractivity contribution is -0.120.